The van der Waals surface area contributed by atoms with E-state index in [2.05, 4.69) is 15.3 Å². The topological polar surface area (TPSA) is 114 Å². The van der Waals surface area contributed by atoms with Crippen LogP contribution in [-0.4, -0.2) is 58.8 Å². The molecular formula is C14H22N6O3. The maximum absolute atomic E-state index is 12.0. The fourth-order valence-electron chi connectivity index (χ4n) is 2.16. The summed E-state index contributed by atoms with van der Waals surface area (Å²) in [6.45, 7) is 7.84. The Morgan fingerprint density at radius 3 is 2.43 bits per heavy atom. The summed E-state index contributed by atoms with van der Waals surface area (Å²) in [5, 5.41) is 2.41. The highest BCUT2D eigenvalue weighted by Crippen LogP contribution is 2.17. The van der Waals surface area contributed by atoms with Crippen molar-refractivity contribution in [2.75, 3.05) is 36.4 Å². The first-order valence-electron chi connectivity index (χ1n) is 7.36. The van der Waals surface area contributed by atoms with Gasteiger partial charge in [-0.3, -0.25) is 5.32 Å². The molecule has 0 unspecified atom stereocenters. The number of rotatable bonds is 2. The molecule has 3 amide bonds. The number of carbonyl (C=O) groups is 2. The number of hydrogen-bond donors (Lipinski definition) is 2. The van der Waals surface area contributed by atoms with Crippen LogP contribution in [0.15, 0.2) is 12.4 Å². The molecule has 1 aliphatic heterocycles. The number of nitrogens with two attached hydrogens (primary N) is 1. The predicted molar refractivity (Wildman–Crippen MR) is 85.3 cm³/mol. The number of ether oxygens (including phenoxy) is 1. The summed E-state index contributed by atoms with van der Waals surface area (Å²) in [6.07, 6.45) is 1.05. The van der Waals surface area contributed by atoms with Crippen LogP contribution < -0.4 is 16.0 Å². The van der Waals surface area contributed by atoms with Crippen molar-refractivity contribution >= 4 is 23.8 Å². The quantitative estimate of drug-likeness (QED) is 0.840. The number of piperazine rings is 1. The third-order valence-electron chi connectivity index (χ3n) is 3.16. The third-order valence-corrected chi connectivity index (χ3v) is 3.16. The summed E-state index contributed by atoms with van der Waals surface area (Å²) in [7, 11) is 0. The maximum Gasteiger partial charge on any atom is 0.410 e. The van der Waals surface area contributed by atoms with Crippen LogP contribution in [0.1, 0.15) is 20.8 Å². The van der Waals surface area contributed by atoms with Crippen molar-refractivity contribution in [1.29, 1.82) is 0 Å². The number of carbonyl (C=O) groups excluding carboxylic acids is 2. The highest BCUT2D eigenvalue weighted by atomic mass is 16.6. The second-order valence-corrected chi connectivity index (χ2v) is 6.21. The second-order valence-electron chi connectivity index (χ2n) is 6.21. The first-order chi connectivity index (χ1) is 10.7. The van der Waals surface area contributed by atoms with Crippen molar-refractivity contribution in [3.63, 3.8) is 0 Å². The number of aromatic nitrogens is 2. The SMILES string of the molecule is CC(C)(C)OC(=O)N1CCN(c2cc(NC(N)=O)ncn2)CC1. The van der Waals surface area contributed by atoms with Crippen LogP contribution in [0.4, 0.5) is 21.2 Å². The lowest BCUT2D eigenvalue weighted by Gasteiger charge is -2.36. The Hall–Kier alpha value is -2.58. The van der Waals surface area contributed by atoms with E-state index in [1.807, 2.05) is 25.7 Å². The van der Waals surface area contributed by atoms with E-state index in [1.54, 1.807) is 11.0 Å². The number of nitrogens with zero attached hydrogens (tertiary/aromatic N) is 4. The zero-order chi connectivity index (χ0) is 17.0. The fraction of sp³-hybridized carbons (Fsp3) is 0.571. The van der Waals surface area contributed by atoms with Gasteiger partial charge in [0.15, 0.2) is 0 Å². The lowest BCUT2D eigenvalue weighted by Crippen LogP contribution is -2.50. The van der Waals surface area contributed by atoms with Crippen LogP contribution in [0, 0.1) is 0 Å². The summed E-state index contributed by atoms with van der Waals surface area (Å²) in [5.41, 5.74) is 4.57. The molecule has 1 saturated heterocycles. The molecule has 0 spiro atoms. The van der Waals surface area contributed by atoms with E-state index in [4.69, 9.17) is 10.5 Å². The molecule has 1 aromatic heterocycles. The van der Waals surface area contributed by atoms with E-state index >= 15 is 0 Å². The van der Waals surface area contributed by atoms with Crippen LogP contribution in [-0.2, 0) is 4.74 Å². The first-order valence-corrected chi connectivity index (χ1v) is 7.36. The highest BCUT2D eigenvalue weighted by Gasteiger charge is 2.26. The van der Waals surface area contributed by atoms with Gasteiger partial charge in [-0.25, -0.2) is 19.6 Å². The van der Waals surface area contributed by atoms with Crippen LogP contribution >= 0.6 is 0 Å². The smallest absolute Gasteiger partial charge is 0.410 e. The van der Waals surface area contributed by atoms with E-state index in [0.717, 1.165) is 0 Å². The van der Waals surface area contributed by atoms with Crippen LogP contribution in [0.5, 0.6) is 0 Å². The highest BCUT2D eigenvalue weighted by molar-refractivity contribution is 5.87. The number of amides is 3. The minimum Gasteiger partial charge on any atom is -0.444 e. The molecule has 0 aromatic carbocycles. The Labute approximate surface area is 134 Å². The van der Waals surface area contributed by atoms with Gasteiger partial charge in [0.25, 0.3) is 0 Å². The summed E-state index contributed by atoms with van der Waals surface area (Å²) in [5.74, 6) is 1.02. The fourth-order valence-corrected chi connectivity index (χ4v) is 2.16. The maximum atomic E-state index is 12.0. The molecular weight excluding hydrogens is 300 g/mol. The molecule has 23 heavy (non-hydrogen) atoms. The molecule has 0 atom stereocenters. The first kappa shape index (κ1) is 16.8. The van der Waals surface area contributed by atoms with Crippen molar-refractivity contribution < 1.29 is 14.3 Å². The number of urea groups is 1. The molecule has 9 heteroatoms. The molecule has 0 bridgehead atoms. The lowest BCUT2D eigenvalue weighted by molar-refractivity contribution is 0.0240. The molecule has 126 valence electrons. The molecule has 3 N–H and O–H groups in total. The van der Waals surface area contributed by atoms with E-state index in [9.17, 15) is 9.59 Å². The van der Waals surface area contributed by atoms with Gasteiger partial charge in [-0.2, -0.15) is 0 Å². The standard InChI is InChI=1S/C14H22N6O3/c1-14(2,3)23-13(22)20-6-4-19(5-7-20)11-8-10(16-9-17-11)18-12(15)21/h8-9H,4-7H2,1-3H3,(H3,15,16,17,18,21). The Morgan fingerprint density at radius 1 is 1.22 bits per heavy atom. The van der Waals surface area contributed by atoms with Gasteiger partial charge in [-0.15, -0.1) is 0 Å². The van der Waals surface area contributed by atoms with Crippen molar-refractivity contribution in [3.05, 3.63) is 12.4 Å². The third kappa shape index (κ3) is 4.97. The van der Waals surface area contributed by atoms with E-state index in [-0.39, 0.29) is 6.09 Å². The number of anilines is 2. The average molecular weight is 322 g/mol. The Bertz CT molecular complexity index is 578. The average Bonchev–Trinajstić information content (AvgIpc) is 2.45. The van der Waals surface area contributed by atoms with Crippen molar-refractivity contribution in [2.45, 2.75) is 26.4 Å². The van der Waals surface area contributed by atoms with Gasteiger partial charge in [0.05, 0.1) is 0 Å². The summed E-state index contributed by atoms with van der Waals surface area (Å²) in [6, 6.07) is 0.970. The zero-order valence-electron chi connectivity index (χ0n) is 13.6. The Morgan fingerprint density at radius 2 is 1.87 bits per heavy atom. The summed E-state index contributed by atoms with van der Waals surface area (Å²) < 4.78 is 5.36. The zero-order valence-corrected chi connectivity index (χ0v) is 13.6. The number of nitrogens with one attached hydrogen (secondary N) is 1. The van der Waals surface area contributed by atoms with Crippen molar-refractivity contribution in [3.8, 4) is 0 Å². The summed E-state index contributed by atoms with van der Waals surface area (Å²) >= 11 is 0. The van der Waals surface area contributed by atoms with Gasteiger partial charge in [-0.1, -0.05) is 0 Å². The van der Waals surface area contributed by atoms with Gasteiger partial charge in [-0.05, 0) is 20.8 Å². The van der Waals surface area contributed by atoms with Crippen LogP contribution in [0.2, 0.25) is 0 Å². The van der Waals surface area contributed by atoms with E-state index in [1.165, 1.54) is 6.33 Å². The Kier molecular flexibility index (Phi) is 4.87. The minimum atomic E-state index is -0.676. The van der Waals surface area contributed by atoms with Crippen molar-refractivity contribution in [2.24, 2.45) is 5.73 Å². The monoisotopic (exact) mass is 322 g/mol. The molecule has 1 fully saturated rings. The molecule has 1 aliphatic rings. The molecule has 2 rings (SSSR count). The van der Waals surface area contributed by atoms with Gasteiger partial charge >= 0.3 is 12.1 Å². The van der Waals surface area contributed by atoms with Crippen LogP contribution in [0.25, 0.3) is 0 Å². The molecule has 0 radical (unpaired) electrons. The van der Waals surface area contributed by atoms with Gasteiger partial charge in [0.2, 0.25) is 0 Å². The number of hydrogen-bond acceptors (Lipinski definition) is 6. The van der Waals surface area contributed by atoms with Gasteiger partial charge in [0, 0.05) is 32.2 Å². The molecule has 1 aromatic rings. The predicted octanol–water partition coefficient (Wildman–Crippen LogP) is 1.02. The van der Waals surface area contributed by atoms with Crippen LogP contribution in [0.3, 0.4) is 0 Å². The molecule has 9 nitrogen and oxygen atoms in total. The lowest BCUT2D eigenvalue weighted by atomic mass is 10.2. The normalized spacial score (nSPS) is 15.3. The largest absolute Gasteiger partial charge is 0.444 e. The molecule has 2 heterocycles. The summed E-state index contributed by atoms with van der Waals surface area (Å²) in [4.78, 5) is 34.7. The van der Waals surface area contributed by atoms with E-state index in [0.29, 0.717) is 37.8 Å². The Balaban J connectivity index is 1.94. The number of primary amides is 1. The van der Waals surface area contributed by atoms with Crippen molar-refractivity contribution in [1.82, 2.24) is 14.9 Å². The van der Waals surface area contributed by atoms with Gasteiger partial charge < -0.3 is 20.3 Å². The van der Waals surface area contributed by atoms with E-state index < -0.39 is 11.6 Å². The second kappa shape index (κ2) is 6.67. The molecule has 0 saturated carbocycles. The van der Waals surface area contributed by atoms with Gasteiger partial charge in [0.1, 0.15) is 23.6 Å². The minimum absolute atomic E-state index is 0.309. The molecule has 0 aliphatic carbocycles.